The molecule has 32 heavy (non-hydrogen) atoms. The molecule has 5 rings (SSSR count). The molecule has 0 aliphatic carbocycles. The second-order valence-corrected chi connectivity index (χ2v) is 10.9. The Morgan fingerprint density at radius 3 is 2.41 bits per heavy atom. The first-order chi connectivity index (χ1) is 15.3. The van der Waals surface area contributed by atoms with Gasteiger partial charge in [0, 0.05) is 30.6 Å². The standard InChI is InChI=1S/C24H20ClF2NO3S/c25-18-6-8-19(9-7-18)32(29,30)24-15-28(12-16-4-2-1-3-5-16)13-17(24)14-31-23-21(27)11-10-20(26)22(23)24/h1-11,17H,12-15H2/t17-,24+/m1/s1. The Hall–Kier alpha value is -2.48. The van der Waals surface area contributed by atoms with Gasteiger partial charge in [-0.15, -0.1) is 0 Å². The van der Waals surface area contributed by atoms with Gasteiger partial charge in [0.1, 0.15) is 10.6 Å². The summed E-state index contributed by atoms with van der Waals surface area (Å²) in [6, 6.07) is 17.4. The van der Waals surface area contributed by atoms with Crippen molar-refractivity contribution < 1.29 is 21.9 Å². The Labute approximate surface area is 190 Å². The minimum Gasteiger partial charge on any atom is -0.490 e. The number of nitrogens with zero attached hydrogens (tertiary/aromatic N) is 1. The van der Waals surface area contributed by atoms with Crippen LogP contribution in [0.3, 0.4) is 0 Å². The van der Waals surface area contributed by atoms with Crippen molar-refractivity contribution in [3.05, 3.63) is 94.5 Å². The Bertz CT molecular complexity index is 1270. The normalized spacial score (nSPS) is 22.8. The van der Waals surface area contributed by atoms with Gasteiger partial charge in [-0.1, -0.05) is 41.9 Å². The molecule has 1 saturated heterocycles. The third-order valence-corrected chi connectivity index (χ3v) is 9.13. The van der Waals surface area contributed by atoms with Crippen LogP contribution in [0.1, 0.15) is 11.1 Å². The van der Waals surface area contributed by atoms with Gasteiger partial charge < -0.3 is 4.74 Å². The highest BCUT2D eigenvalue weighted by atomic mass is 35.5. The van der Waals surface area contributed by atoms with E-state index in [1.807, 2.05) is 35.2 Å². The van der Waals surface area contributed by atoms with Crippen molar-refractivity contribution in [2.24, 2.45) is 5.92 Å². The molecule has 166 valence electrons. The molecule has 0 unspecified atom stereocenters. The number of ether oxygens (including phenoxy) is 1. The van der Waals surface area contributed by atoms with Gasteiger partial charge in [0.15, 0.2) is 21.4 Å². The average molecular weight is 476 g/mol. The quantitative estimate of drug-likeness (QED) is 0.543. The minimum atomic E-state index is -4.14. The van der Waals surface area contributed by atoms with Gasteiger partial charge in [-0.3, -0.25) is 4.90 Å². The number of likely N-dealkylation sites (tertiary alicyclic amines) is 1. The lowest BCUT2D eigenvalue weighted by molar-refractivity contribution is 0.186. The van der Waals surface area contributed by atoms with Crippen molar-refractivity contribution in [2.45, 2.75) is 16.2 Å². The summed E-state index contributed by atoms with van der Waals surface area (Å²) >= 11 is 5.96. The van der Waals surface area contributed by atoms with E-state index in [1.165, 1.54) is 24.3 Å². The molecular formula is C24H20ClF2NO3S. The van der Waals surface area contributed by atoms with Crippen molar-refractivity contribution in [3.63, 3.8) is 0 Å². The molecule has 3 aromatic rings. The highest BCUT2D eigenvalue weighted by molar-refractivity contribution is 7.92. The molecule has 2 aliphatic rings. The van der Waals surface area contributed by atoms with E-state index in [0.717, 1.165) is 17.7 Å². The molecule has 0 radical (unpaired) electrons. The number of hydrogen-bond acceptors (Lipinski definition) is 4. The van der Waals surface area contributed by atoms with E-state index in [1.54, 1.807) is 0 Å². The summed E-state index contributed by atoms with van der Waals surface area (Å²) in [4.78, 5) is 1.99. The van der Waals surface area contributed by atoms with Crippen LogP contribution in [0, 0.1) is 17.6 Å². The maximum absolute atomic E-state index is 15.2. The topological polar surface area (TPSA) is 46.6 Å². The zero-order valence-corrected chi connectivity index (χ0v) is 18.5. The number of sulfone groups is 1. The first kappa shape index (κ1) is 21.4. The minimum absolute atomic E-state index is 0.0185. The van der Waals surface area contributed by atoms with Crippen molar-refractivity contribution >= 4 is 21.4 Å². The van der Waals surface area contributed by atoms with Crippen LogP contribution in [0.15, 0.2) is 71.6 Å². The first-order valence-corrected chi connectivity index (χ1v) is 12.1. The largest absolute Gasteiger partial charge is 0.490 e. The predicted molar refractivity (Wildman–Crippen MR) is 117 cm³/mol. The van der Waals surface area contributed by atoms with E-state index in [0.29, 0.717) is 18.1 Å². The zero-order chi connectivity index (χ0) is 22.5. The summed E-state index contributed by atoms with van der Waals surface area (Å²) in [5, 5.41) is 0.389. The molecule has 2 aliphatic heterocycles. The number of hydrogen-bond donors (Lipinski definition) is 0. The average Bonchev–Trinajstić information content (AvgIpc) is 3.17. The van der Waals surface area contributed by atoms with Crippen LogP contribution in [0.2, 0.25) is 5.02 Å². The third-order valence-electron chi connectivity index (χ3n) is 6.36. The van der Waals surface area contributed by atoms with Crippen molar-refractivity contribution in [1.29, 1.82) is 0 Å². The SMILES string of the molecule is O=S(=O)(c1ccc(Cl)cc1)[C@@]12CN(Cc3ccccc3)C[C@@H]1COc1c(F)ccc(F)c12. The highest BCUT2D eigenvalue weighted by Crippen LogP contribution is 2.54. The fourth-order valence-corrected chi connectivity index (χ4v) is 7.37. The maximum Gasteiger partial charge on any atom is 0.190 e. The van der Waals surface area contributed by atoms with Gasteiger partial charge in [0.2, 0.25) is 0 Å². The summed E-state index contributed by atoms with van der Waals surface area (Å²) in [6.07, 6.45) is 0. The first-order valence-electron chi connectivity index (χ1n) is 10.2. The lowest BCUT2D eigenvalue weighted by atomic mass is 9.85. The van der Waals surface area contributed by atoms with Crippen LogP contribution < -0.4 is 4.74 Å². The maximum atomic E-state index is 15.2. The molecule has 0 bridgehead atoms. The summed E-state index contributed by atoms with van der Waals surface area (Å²) in [7, 11) is -4.14. The molecule has 0 aromatic heterocycles. The molecule has 1 fully saturated rings. The molecule has 4 nitrogen and oxygen atoms in total. The summed E-state index contributed by atoms with van der Waals surface area (Å²) < 4.78 is 62.0. The van der Waals surface area contributed by atoms with E-state index >= 15 is 4.39 Å². The van der Waals surface area contributed by atoms with Crippen LogP contribution in [0.25, 0.3) is 0 Å². The van der Waals surface area contributed by atoms with Gasteiger partial charge in [0.05, 0.1) is 17.1 Å². The van der Waals surface area contributed by atoms with E-state index in [-0.39, 0.29) is 29.4 Å². The number of fused-ring (bicyclic) bond motifs is 3. The summed E-state index contributed by atoms with van der Waals surface area (Å²) in [5.41, 5.74) is 0.783. The van der Waals surface area contributed by atoms with Crippen LogP contribution in [0.4, 0.5) is 8.78 Å². The second-order valence-electron chi connectivity index (χ2n) is 8.24. The highest BCUT2D eigenvalue weighted by Gasteiger charge is 2.62. The van der Waals surface area contributed by atoms with Crippen LogP contribution in [-0.2, 0) is 21.1 Å². The van der Waals surface area contributed by atoms with E-state index in [9.17, 15) is 12.8 Å². The predicted octanol–water partition coefficient (Wildman–Crippen LogP) is 4.81. The number of rotatable bonds is 4. The second kappa shape index (κ2) is 7.83. The van der Waals surface area contributed by atoms with Crippen molar-refractivity contribution in [2.75, 3.05) is 19.7 Å². The summed E-state index contributed by atoms with van der Waals surface area (Å²) in [5.74, 6) is -2.45. The monoisotopic (exact) mass is 475 g/mol. The molecule has 0 saturated carbocycles. The van der Waals surface area contributed by atoms with Crippen LogP contribution in [-0.4, -0.2) is 33.0 Å². The Morgan fingerprint density at radius 1 is 1.00 bits per heavy atom. The van der Waals surface area contributed by atoms with E-state index in [4.69, 9.17) is 16.3 Å². The van der Waals surface area contributed by atoms with E-state index in [2.05, 4.69) is 0 Å². The Morgan fingerprint density at radius 2 is 1.69 bits per heavy atom. The smallest absolute Gasteiger partial charge is 0.190 e. The van der Waals surface area contributed by atoms with Gasteiger partial charge in [-0.05, 0) is 42.0 Å². The fourth-order valence-electron chi connectivity index (χ4n) is 4.93. The molecule has 0 N–H and O–H groups in total. The number of halogens is 3. The van der Waals surface area contributed by atoms with Crippen LogP contribution in [0.5, 0.6) is 5.75 Å². The third kappa shape index (κ3) is 3.22. The Balaban J connectivity index is 1.69. The van der Waals surface area contributed by atoms with Gasteiger partial charge in [-0.2, -0.15) is 0 Å². The molecule has 2 heterocycles. The molecule has 8 heteroatoms. The fraction of sp³-hybridized carbons (Fsp3) is 0.250. The molecular weight excluding hydrogens is 456 g/mol. The van der Waals surface area contributed by atoms with Crippen molar-refractivity contribution in [1.82, 2.24) is 4.90 Å². The summed E-state index contributed by atoms with van der Waals surface area (Å²) in [6.45, 7) is 0.859. The molecule has 2 atom stereocenters. The number of benzene rings is 3. The lowest BCUT2D eigenvalue weighted by Crippen LogP contribution is -2.49. The molecule has 0 amide bonds. The van der Waals surface area contributed by atoms with Crippen molar-refractivity contribution in [3.8, 4) is 5.75 Å². The van der Waals surface area contributed by atoms with Gasteiger partial charge in [-0.25, -0.2) is 17.2 Å². The Kier molecular flexibility index (Phi) is 5.23. The van der Waals surface area contributed by atoms with E-state index < -0.39 is 32.1 Å². The van der Waals surface area contributed by atoms with Gasteiger partial charge in [0.25, 0.3) is 0 Å². The van der Waals surface area contributed by atoms with Gasteiger partial charge >= 0.3 is 0 Å². The molecule has 0 spiro atoms. The zero-order valence-electron chi connectivity index (χ0n) is 17.0. The lowest BCUT2D eigenvalue weighted by Gasteiger charge is -2.39. The molecule has 3 aromatic carbocycles. The van der Waals surface area contributed by atoms with Crippen LogP contribution >= 0.6 is 11.6 Å².